The minimum atomic E-state index is -1.12. The Kier molecular flexibility index (Phi) is 6.53. The van der Waals surface area contributed by atoms with Crippen LogP contribution in [0.4, 0.5) is 4.79 Å². The van der Waals surface area contributed by atoms with Crippen molar-refractivity contribution < 1.29 is 28.4 Å². The van der Waals surface area contributed by atoms with E-state index in [1.165, 1.54) is 26.1 Å². The van der Waals surface area contributed by atoms with Crippen molar-refractivity contribution in [1.82, 2.24) is 15.8 Å². The predicted molar refractivity (Wildman–Crippen MR) is 94.2 cm³/mol. The van der Waals surface area contributed by atoms with E-state index >= 15 is 0 Å². The maximum absolute atomic E-state index is 12.1. The maximum atomic E-state index is 12.1. The Labute approximate surface area is 156 Å². The number of carbonyl (C=O) groups excluding carboxylic acids is 3. The highest BCUT2D eigenvalue weighted by Crippen LogP contribution is 2.18. The van der Waals surface area contributed by atoms with Crippen LogP contribution in [0.2, 0.25) is 0 Å². The first-order chi connectivity index (χ1) is 12.8. The van der Waals surface area contributed by atoms with E-state index in [9.17, 15) is 14.4 Å². The Morgan fingerprint density at radius 1 is 1.19 bits per heavy atom. The summed E-state index contributed by atoms with van der Waals surface area (Å²) >= 11 is 0. The minimum absolute atomic E-state index is 0.249. The number of aromatic nitrogens is 1. The average molecular weight is 375 g/mol. The summed E-state index contributed by atoms with van der Waals surface area (Å²) in [5.74, 6) is -0.164. The van der Waals surface area contributed by atoms with Gasteiger partial charge in [0.2, 0.25) is 0 Å². The molecule has 0 radical (unpaired) electrons. The Bertz CT molecular complexity index is 809. The van der Waals surface area contributed by atoms with Gasteiger partial charge >= 0.3 is 12.0 Å². The second-order valence-electron chi connectivity index (χ2n) is 5.73. The average Bonchev–Trinajstić information content (AvgIpc) is 2.97. The number of esters is 1. The molecule has 0 aliphatic rings. The van der Waals surface area contributed by atoms with Crippen LogP contribution in [0.15, 0.2) is 28.8 Å². The zero-order chi connectivity index (χ0) is 20.0. The second-order valence-corrected chi connectivity index (χ2v) is 5.73. The van der Waals surface area contributed by atoms with Crippen LogP contribution >= 0.6 is 0 Å². The smallest absolute Gasteiger partial charge is 0.338 e. The Morgan fingerprint density at radius 3 is 2.41 bits per heavy atom. The van der Waals surface area contributed by atoms with Crippen molar-refractivity contribution in [2.45, 2.75) is 33.5 Å². The number of nitrogens with one attached hydrogen (secondary N) is 2. The van der Waals surface area contributed by atoms with E-state index in [4.69, 9.17) is 14.0 Å². The number of rotatable bonds is 6. The van der Waals surface area contributed by atoms with Crippen molar-refractivity contribution >= 4 is 17.9 Å². The first kappa shape index (κ1) is 20.0. The van der Waals surface area contributed by atoms with Crippen LogP contribution in [0, 0.1) is 13.8 Å². The molecule has 0 saturated heterocycles. The van der Waals surface area contributed by atoms with E-state index in [-0.39, 0.29) is 5.56 Å². The standard InChI is InChI=1S/C18H21N3O6/c1-10-15(11(2)27-21-10)9-25-14-7-5-13(6-8-14)17(23)26-12(3)16(22)20-18(24)19-4/h5-8,12H,9H2,1-4H3,(H2,19,20,22,24). The third-order valence-corrected chi connectivity index (χ3v) is 3.77. The van der Waals surface area contributed by atoms with Crippen LogP contribution in [-0.4, -0.2) is 36.2 Å². The van der Waals surface area contributed by atoms with Gasteiger partial charge in [-0.2, -0.15) is 0 Å². The third-order valence-electron chi connectivity index (χ3n) is 3.77. The van der Waals surface area contributed by atoms with Gasteiger partial charge in [0, 0.05) is 7.05 Å². The summed E-state index contributed by atoms with van der Waals surface area (Å²) in [4.78, 5) is 34.9. The van der Waals surface area contributed by atoms with Gasteiger partial charge in [0.05, 0.1) is 16.8 Å². The van der Waals surface area contributed by atoms with Gasteiger partial charge in [0.1, 0.15) is 18.1 Å². The quantitative estimate of drug-likeness (QED) is 0.740. The number of carbonyl (C=O) groups is 3. The molecular weight excluding hydrogens is 354 g/mol. The van der Waals surface area contributed by atoms with Crippen LogP contribution in [0.1, 0.15) is 34.3 Å². The van der Waals surface area contributed by atoms with Crippen molar-refractivity contribution in [3.63, 3.8) is 0 Å². The molecule has 2 rings (SSSR count). The zero-order valence-corrected chi connectivity index (χ0v) is 15.5. The molecule has 3 amide bonds. The van der Waals surface area contributed by atoms with Crippen LogP contribution in [0.3, 0.4) is 0 Å². The van der Waals surface area contributed by atoms with Gasteiger partial charge in [0.25, 0.3) is 5.91 Å². The molecule has 0 fully saturated rings. The lowest BCUT2D eigenvalue weighted by molar-refractivity contribution is -0.127. The molecule has 9 heteroatoms. The van der Waals surface area contributed by atoms with Crippen LogP contribution in [-0.2, 0) is 16.1 Å². The van der Waals surface area contributed by atoms with Crippen molar-refractivity contribution in [3.8, 4) is 5.75 Å². The van der Waals surface area contributed by atoms with Gasteiger partial charge in [-0.3, -0.25) is 10.1 Å². The fraction of sp³-hybridized carbons (Fsp3) is 0.333. The fourth-order valence-electron chi connectivity index (χ4n) is 2.11. The Hall–Kier alpha value is -3.36. The molecule has 0 aliphatic carbocycles. The summed E-state index contributed by atoms with van der Waals surface area (Å²) in [5.41, 5.74) is 1.88. The van der Waals surface area contributed by atoms with Crippen molar-refractivity contribution in [3.05, 3.63) is 46.8 Å². The van der Waals surface area contributed by atoms with Gasteiger partial charge in [-0.15, -0.1) is 0 Å². The van der Waals surface area contributed by atoms with Gasteiger partial charge in [-0.25, -0.2) is 9.59 Å². The van der Waals surface area contributed by atoms with E-state index in [1.807, 2.05) is 12.2 Å². The molecule has 2 N–H and O–H groups in total. The van der Waals surface area contributed by atoms with Crippen molar-refractivity contribution in [1.29, 1.82) is 0 Å². The highest BCUT2D eigenvalue weighted by Gasteiger charge is 2.20. The molecule has 1 aromatic heterocycles. The Balaban J connectivity index is 1.91. The van der Waals surface area contributed by atoms with E-state index < -0.39 is 24.0 Å². The summed E-state index contributed by atoms with van der Waals surface area (Å²) in [7, 11) is 1.37. The maximum Gasteiger partial charge on any atom is 0.338 e. The molecule has 0 aliphatic heterocycles. The second kappa shape index (κ2) is 8.84. The highest BCUT2D eigenvalue weighted by atomic mass is 16.5. The number of hydrogen-bond acceptors (Lipinski definition) is 7. The first-order valence-electron chi connectivity index (χ1n) is 8.20. The zero-order valence-electron chi connectivity index (χ0n) is 15.5. The largest absolute Gasteiger partial charge is 0.489 e. The molecule has 1 heterocycles. The number of nitrogens with zero attached hydrogens (tertiary/aromatic N) is 1. The molecule has 144 valence electrons. The van der Waals surface area contributed by atoms with Crippen LogP contribution in [0.5, 0.6) is 5.75 Å². The summed E-state index contributed by atoms with van der Waals surface area (Å²) in [6, 6.07) is 5.60. The highest BCUT2D eigenvalue weighted by molar-refractivity contribution is 5.98. The number of imide groups is 1. The molecule has 0 bridgehead atoms. The normalized spacial score (nSPS) is 11.4. The van der Waals surface area contributed by atoms with Gasteiger partial charge in [-0.05, 0) is 45.0 Å². The minimum Gasteiger partial charge on any atom is -0.489 e. The predicted octanol–water partition coefficient (Wildman–Crippen LogP) is 1.87. The molecule has 1 aromatic carbocycles. The SMILES string of the molecule is CNC(=O)NC(=O)C(C)OC(=O)c1ccc(OCc2c(C)noc2C)cc1. The Morgan fingerprint density at radius 2 is 1.85 bits per heavy atom. The van der Waals surface area contributed by atoms with Gasteiger partial charge in [0.15, 0.2) is 6.10 Å². The van der Waals surface area contributed by atoms with E-state index in [2.05, 4.69) is 10.5 Å². The number of benzene rings is 1. The molecule has 0 saturated carbocycles. The molecule has 1 atom stereocenters. The van der Waals surface area contributed by atoms with E-state index in [1.54, 1.807) is 19.1 Å². The number of hydrogen-bond donors (Lipinski definition) is 2. The molecule has 9 nitrogen and oxygen atoms in total. The van der Waals surface area contributed by atoms with E-state index in [0.717, 1.165) is 11.3 Å². The summed E-state index contributed by atoms with van der Waals surface area (Å²) in [5, 5.41) is 8.13. The third kappa shape index (κ3) is 5.30. The van der Waals surface area contributed by atoms with E-state index in [0.29, 0.717) is 18.1 Å². The molecule has 27 heavy (non-hydrogen) atoms. The molecular formula is C18H21N3O6. The van der Waals surface area contributed by atoms with Crippen molar-refractivity contribution in [2.75, 3.05) is 7.05 Å². The number of aryl methyl sites for hydroxylation is 2. The van der Waals surface area contributed by atoms with Crippen LogP contribution in [0.25, 0.3) is 0 Å². The lowest BCUT2D eigenvalue weighted by Crippen LogP contribution is -2.43. The molecule has 2 aromatic rings. The summed E-state index contributed by atoms with van der Waals surface area (Å²) in [6.45, 7) is 5.30. The lowest BCUT2D eigenvalue weighted by atomic mass is 10.2. The van der Waals surface area contributed by atoms with Gasteiger partial charge < -0.3 is 19.3 Å². The fourth-order valence-corrected chi connectivity index (χ4v) is 2.11. The number of urea groups is 1. The summed E-state index contributed by atoms with van der Waals surface area (Å²) < 4.78 is 15.8. The summed E-state index contributed by atoms with van der Waals surface area (Å²) in [6.07, 6.45) is -1.12. The first-order valence-corrected chi connectivity index (χ1v) is 8.20. The van der Waals surface area contributed by atoms with Crippen molar-refractivity contribution in [2.24, 2.45) is 0 Å². The van der Waals surface area contributed by atoms with Crippen LogP contribution < -0.4 is 15.4 Å². The lowest BCUT2D eigenvalue weighted by Gasteiger charge is -2.13. The number of amides is 3. The molecule has 1 unspecified atom stereocenters. The number of ether oxygens (including phenoxy) is 2. The monoisotopic (exact) mass is 375 g/mol. The topological polar surface area (TPSA) is 120 Å². The van der Waals surface area contributed by atoms with Gasteiger partial charge in [-0.1, -0.05) is 5.16 Å². The molecule has 0 spiro atoms.